The van der Waals surface area contributed by atoms with Crippen LogP contribution in [-0.2, 0) is 0 Å². The molecule has 0 aromatic rings. The van der Waals surface area contributed by atoms with E-state index in [0.717, 1.165) is 29.6 Å². The Kier molecular flexibility index (Phi) is 1.74. The van der Waals surface area contributed by atoms with Crippen molar-refractivity contribution in [1.29, 1.82) is 0 Å². The summed E-state index contributed by atoms with van der Waals surface area (Å²) < 4.78 is 0. The van der Waals surface area contributed by atoms with E-state index in [-0.39, 0.29) is 0 Å². The number of nitrogens with two attached hydrogens (primary N) is 1. The topological polar surface area (TPSA) is 26.0 Å². The van der Waals surface area contributed by atoms with Crippen LogP contribution in [0.2, 0.25) is 0 Å². The minimum absolute atomic E-state index is 0.528. The van der Waals surface area contributed by atoms with Gasteiger partial charge in [-0.05, 0) is 61.7 Å². The van der Waals surface area contributed by atoms with Crippen LogP contribution in [0, 0.1) is 29.6 Å². The SMILES string of the molecule is CC1C2CC3CC(C2)CC(C3)C1N. The Hall–Kier alpha value is -0.0400. The summed E-state index contributed by atoms with van der Waals surface area (Å²) in [6.45, 7) is 2.40. The molecular weight excluding hydrogens is 158 g/mol. The molecule has 4 rings (SSSR count). The second-order valence-electron chi connectivity index (χ2n) is 5.87. The zero-order chi connectivity index (χ0) is 9.00. The summed E-state index contributed by atoms with van der Waals surface area (Å²) >= 11 is 0. The zero-order valence-electron chi connectivity index (χ0n) is 8.58. The van der Waals surface area contributed by atoms with E-state index in [1.165, 1.54) is 32.1 Å². The summed E-state index contributed by atoms with van der Waals surface area (Å²) in [6, 6.07) is 0.528. The van der Waals surface area contributed by atoms with Gasteiger partial charge in [0.1, 0.15) is 0 Å². The van der Waals surface area contributed by atoms with E-state index < -0.39 is 0 Å². The summed E-state index contributed by atoms with van der Waals surface area (Å²) in [4.78, 5) is 0. The van der Waals surface area contributed by atoms with E-state index in [2.05, 4.69) is 6.92 Å². The molecule has 0 saturated heterocycles. The Morgan fingerprint density at radius 3 is 2.00 bits per heavy atom. The highest BCUT2D eigenvalue weighted by atomic mass is 14.7. The minimum Gasteiger partial charge on any atom is -0.327 e. The predicted molar refractivity (Wildman–Crippen MR) is 54.2 cm³/mol. The molecule has 0 aromatic heterocycles. The summed E-state index contributed by atoms with van der Waals surface area (Å²) in [6.07, 6.45) is 7.45. The first-order chi connectivity index (χ1) is 6.24. The van der Waals surface area contributed by atoms with Crippen molar-refractivity contribution in [2.24, 2.45) is 35.3 Å². The smallest absolute Gasteiger partial charge is 0.00958 e. The molecule has 4 atom stereocenters. The lowest BCUT2D eigenvalue weighted by molar-refractivity contribution is 0.126. The molecule has 1 nitrogen and oxygen atoms in total. The van der Waals surface area contributed by atoms with Gasteiger partial charge in [0.2, 0.25) is 0 Å². The molecule has 4 unspecified atom stereocenters. The average molecular weight is 179 g/mol. The molecule has 1 heteroatoms. The van der Waals surface area contributed by atoms with Crippen molar-refractivity contribution in [3.63, 3.8) is 0 Å². The van der Waals surface area contributed by atoms with Gasteiger partial charge in [-0.3, -0.25) is 0 Å². The number of hydrogen-bond acceptors (Lipinski definition) is 1. The Bertz CT molecular complexity index is 179. The van der Waals surface area contributed by atoms with E-state index in [9.17, 15) is 0 Å². The van der Waals surface area contributed by atoms with Gasteiger partial charge in [0.15, 0.2) is 0 Å². The van der Waals surface area contributed by atoms with E-state index in [1.807, 2.05) is 0 Å². The molecule has 4 bridgehead atoms. The van der Waals surface area contributed by atoms with Gasteiger partial charge in [0.05, 0.1) is 0 Å². The van der Waals surface area contributed by atoms with Crippen molar-refractivity contribution in [3.8, 4) is 0 Å². The summed E-state index contributed by atoms with van der Waals surface area (Å²) in [5.74, 6) is 4.77. The summed E-state index contributed by atoms with van der Waals surface area (Å²) in [7, 11) is 0. The highest BCUT2D eigenvalue weighted by molar-refractivity contribution is 4.98. The van der Waals surface area contributed by atoms with Gasteiger partial charge in [-0.2, -0.15) is 0 Å². The quantitative estimate of drug-likeness (QED) is 0.607. The molecule has 2 N–H and O–H groups in total. The largest absolute Gasteiger partial charge is 0.327 e. The van der Waals surface area contributed by atoms with Crippen LogP contribution in [0.1, 0.15) is 39.0 Å². The molecule has 4 saturated carbocycles. The van der Waals surface area contributed by atoms with Crippen molar-refractivity contribution in [2.75, 3.05) is 0 Å². The maximum Gasteiger partial charge on any atom is 0.00958 e. The van der Waals surface area contributed by atoms with E-state index in [4.69, 9.17) is 5.73 Å². The molecule has 0 amide bonds. The second-order valence-corrected chi connectivity index (χ2v) is 5.87. The number of hydrogen-bond donors (Lipinski definition) is 1. The molecule has 74 valence electrons. The van der Waals surface area contributed by atoms with Crippen molar-refractivity contribution >= 4 is 0 Å². The van der Waals surface area contributed by atoms with Crippen LogP contribution in [-0.4, -0.2) is 6.04 Å². The predicted octanol–water partition coefficient (Wildman–Crippen LogP) is 2.41. The second kappa shape index (κ2) is 2.73. The van der Waals surface area contributed by atoms with Crippen LogP contribution < -0.4 is 5.73 Å². The van der Waals surface area contributed by atoms with Gasteiger partial charge in [0, 0.05) is 6.04 Å². The maximum atomic E-state index is 6.35. The van der Waals surface area contributed by atoms with Crippen molar-refractivity contribution < 1.29 is 0 Å². The third-order valence-corrected chi connectivity index (χ3v) is 5.11. The molecule has 0 aromatic carbocycles. The first-order valence-electron chi connectivity index (χ1n) is 5.99. The first-order valence-corrected chi connectivity index (χ1v) is 5.99. The fraction of sp³-hybridized carbons (Fsp3) is 1.00. The zero-order valence-corrected chi connectivity index (χ0v) is 8.58. The first kappa shape index (κ1) is 8.28. The molecule has 13 heavy (non-hydrogen) atoms. The number of fused-ring (bicyclic) bond motifs is 1. The average Bonchev–Trinajstić information content (AvgIpc) is 2.23. The van der Waals surface area contributed by atoms with Gasteiger partial charge >= 0.3 is 0 Å². The lowest BCUT2D eigenvalue weighted by Gasteiger charge is -2.38. The van der Waals surface area contributed by atoms with Crippen molar-refractivity contribution in [1.82, 2.24) is 0 Å². The fourth-order valence-electron chi connectivity index (χ4n) is 4.44. The molecule has 0 radical (unpaired) electrons. The van der Waals surface area contributed by atoms with Gasteiger partial charge in [-0.25, -0.2) is 0 Å². The van der Waals surface area contributed by atoms with E-state index in [1.54, 1.807) is 0 Å². The summed E-state index contributed by atoms with van der Waals surface area (Å²) in [5.41, 5.74) is 6.35. The summed E-state index contributed by atoms with van der Waals surface area (Å²) in [5, 5.41) is 0. The third-order valence-electron chi connectivity index (χ3n) is 5.11. The maximum absolute atomic E-state index is 6.35. The molecule has 0 heterocycles. The lowest BCUT2D eigenvalue weighted by atomic mass is 9.67. The van der Waals surface area contributed by atoms with Crippen LogP contribution in [0.15, 0.2) is 0 Å². The fourth-order valence-corrected chi connectivity index (χ4v) is 4.44. The van der Waals surface area contributed by atoms with Gasteiger partial charge in [0.25, 0.3) is 0 Å². The van der Waals surface area contributed by atoms with E-state index >= 15 is 0 Å². The van der Waals surface area contributed by atoms with Gasteiger partial charge in [-0.1, -0.05) is 6.92 Å². The number of rotatable bonds is 0. The third kappa shape index (κ3) is 1.16. The minimum atomic E-state index is 0.528. The van der Waals surface area contributed by atoms with Crippen LogP contribution in [0.25, 0.3) is 0 Å². The molecule has 4 aliphatic carbocycles. The normalized spacial score (nSPS) is 59.5. The Morgan fingerprint density at radius 2 is 1.38 bits per heavy atom. The van der Waals surface area contributed by atoms with E-state index in [0.29, 0.717) is 6.04 Å². The van der Waals surface area contributed by atoms with Crippen LogP contribution in [0.5, 0.6) is 0 Å². The molecule has 4 fully saturated rings. The highest BCUT2D eigenvalue weighted by Gasteiger charge is 2.45. The molecule has 4 aliphatic rings. The van der Waals surface area contributed by atoms with Gasteiger partial charge < -0.3 is 5.73 Å². The Morgan fingerprint density at radius 1 is 0.846 bits per heavy atom. The lowest BCUT2D eigenvalue weighted by Crippen LogP contribution is -2.36. The standard InChI is InChI=1S/C12H21N/c1-7-10-3-8-2-9(4-10)6-11(5-8)12(7)13/h7-12H,2-6,13H2,1H3. The van der Waals surface area contributed by atoms with Crippen molar-refractivity contribution in [2.45, 2.75) is 45.1 Å². The van der Waals surface area contributed by atoms with Gasteiger partial charge in [-0.15, -0.1) is 0 Å². The van der Waals surface area contributed by atoms with Crippen molar-refractivity contribution in [3.05, 3.63) is 0 Å². The van der Waals surface area contributed by atoms with Crippen LogP contribution >= 0.6 is 0 Å². The Balaban J connectivity index is 1.94. The molecular formula is C12H21N. The monoisotopic (exact) mass is 179 g/mol. The highest BCUT2D eigenvalue weighted by Crippen LogP contribution is 2.52. The van der Waals surface area contributed by atoms with Crippen LogP contribution in [0.3, 0.4) is 0 Å². The molecule has 0 spiro atoms. The molecule has 0 aliphatic heterocycles. The van der Waals surface area contributed by atoms with Crippen LogP contribution in [0.4, 0.5) is 0 Å². The Labute approximate surface area is 81.1 Å².